The number of nitrogens with zero attached hydrogens (tertiary/aromatic N) is 1. The molecule has 3 aliphatic rings. The Hall–Kier alpha value is -2.74. The Labute approximate surface area is 213 Å². The van der Waals surface area contributed by atoms with Gasteiger partial charge in [0, 0.05) is 23.0 Å². The largest absolute Gasteiger partial charge is 0.507 e. The van der Waals surface area contributed by atoms with Crippen LogP contribution in [0.1, 0.15) is 30.4 Å². The van der Waals surface area contributed by atoms with Crippen molar-refractivity contribution < 1.29 is 24.5 Å². The van der Waals surface area contributed by atoms with E-state index in [2.05, 4.69) is 15.9 Å². The van der Waals surface area contributed by atoms with Gasteiger partial charge >= 0.3 is 0 Å². The van der Waals surface area contributed by atoms with E-state index in [1.165, 1.54) is 4.90 Å². The summed E-state index contributed by atoms with van der Waals surface area (Å²) in [7, 11) is 1.54. The second kappa shape index (κ2) is 9.72. The Morgan fingerprint density at radius 2 is 1.91 bits per heavy atom. The lowest BCUT2D eigenvalue weighted by Crippen LogP contribution is -2.34. The molecule has 2 aliphatic heterocycles. The molecule has 2 heterocycles. The molecule has 0 unspecified atom stereocenters. The van der Waals surface area contributed by atoms with Crippen molar-refractivity contribution in [3.05, 3.63) is 75.3 Å². The average molecular weight is 538 g/mol. The smallest absolute Gasteiger partial charge is 0.233 e. The third-order valence-corrected chi connectivity index (χ3v) is 8.05. The van der Waals surface area contributed by atoms with Crippen LogP contribution < -0.4 is 0 Å². The van der Waals surface area contributed by atoms with E-state index in [0.29, 0.717) is 25.9 Å². The topological polar surface area (TPSA) is 87.1 Å². The van der Waals surface area contributed by atoms with Crippen LogP contribution >= 0.6 is 15.9 Å². The third kappa shape index (κ3) is 4.37. The number of halogens is 1. The predicted molar refractivity (Wildman–Crippen MR) is 136 cm³/mol. The molecule has 0 saturated carbocycles. The van der Waals surface area contributed by atoms with Crippen LogP contribution in [0.15, 0.2) is 64.1 Å². The number of ether oxygens (including phenoxy) is 1. The number of aliphatic hydroxyl groups excluding tert-OH is 1. The van der Waals surface area contributed by atoms with Crippen LogP contribution in [-0.2, 0) is 14.3 Å². The standard InChI is InChI=1S/C28H28BrNO5/c1-30-27(33)21-13-19(14-31)25-22(26(21)28(30)34)15-35-24(25)10-7-17(16-5-3-2-4-6-16)11-18-12-20(29)8-9-23(18)32/h2-6,8-9,11-12,21-22,24,26,31-32H,7,10,13-15H2,1H3/b17-11-/t21-,22+,24-,26-/m1/s1. The van der Waals surface area contributed by atoms with Crippen LogP contribution in [0.3, 0.4) is 0 Å². The fourth-order valence-electron chi connectivity index (χ4n) is 5.84. The fourth-order valence-corrected chi connectivity index (χ4v) is 6.22. The number of hydrogen-bond donors (Lipinski definition) is 2. The van der Waals surface area contributed by atoms with Gasteiger partial charge in [-0.05, 0) is 65.8 Å². The van der Waals surface area contributed by atoms with Gasteiger partial charge in [-0.25, -0.2) is 0 Å². The molecule has 6 nitrogen and oxygen atoms in total. The van der Waals surface area contributed by atoms with Crippen LogP contribution in [0.4, 0.5) is 0 Å². The van der Waals surface area contributed by atoms with Gasteiger partial charge in [-0.15, -0.1) is 0 Å². The van der Waals surface area contributed by atoms with E-state index in [9.17, 15) is 19.8 Å². The van der Waals surface area contributed by atoms with Gasteiger partial charge in [-0.3, -0.25) is 14.5 Å². The maximum Gasteiger partial charge on any atom is 0.233 e. The van der Waals surface area contributed by atoms with Crippen molar-refractivity contribution in [2.75, 3.05) is 20.3 Å². The summed E-state index contributed by atoms with van der Waals surface area (Å²) in [4.78, 5) is 26.7. The van der Waals surface area contributed by atoms with Crippen molar-refractivity contribution in [3.8, 4) is 5.75 Å². The number of carbonyl (C=O) groups excluding carboxylic acids is 2. The number of allylic oxidation sites excluding steroid dienone is 1. The zero-order valence-electron chi connectivity index (χ0n) is 19.5. The molecule has 2 amide bonds. The molecule has 35 heavy (non-hydrogen) atoms. The number of imide groups is 1. The predicted octanol–water partition coefficient (Wildman–Crippen LogP) is 4.41. The number of carbonyl (C=O) groups is 2. The summed E-state index contributed by atoms with van der Waals surface area (Å²) < 4.78 is 7.08. The minimum atomic E-state index is -0.398. The van der Waals surface area contributed by atoms with E-state index in [-0.39, 0.29) is 36.2 Å². The summed E-state index contributed by atoms with van der Waals surface area (Å²) >= 11 is 3.48. The summed E-state index contributed by atoms with van der Waals surface area (Å²) in [6.07, 6.45) is 3.53. The number of rotatable bonds is 6. The Kier molecular flexibility index (Phi) is 6.66. The van der Waals surface area contributed by atoms with Crippen molar-refractivity contribution in [2.45, 2.75) is 25.4 Å². The molecule has 7 heteroatoms. The first-order valence-electron chi connectivity index (χ1n) is 11.9. The maximum atomic E-state index is 12.8. The van der Waals surface area contributed by atoms with Crippen molar-refractivity contribution in [3.63, 3.8) is 0 Å². The zero-order chi connectivity index (χ0) is 24.7. The molecule has 0 bridgehead atoms. The van der Waals surface area contributed by atoms with Gasteiger partial charge in [-0.1, -0.05) is 46.3 Å². The van der Waals surface area contributed by atoms with Crippen LogP contribution in [0.5, 0.6) is 5.75 Å². The summed E-state index contributed by atoms with van der Waals surface area (Å²) in [6.45, 7) is 0.252. The molecular weight excluding hydrogens is 510 g/mol. The number of aliphatic hydroxyl groups is 1. The lowest BCUT2D eigenvalue weighted by atomic mass is 9.69. The Bertz CT molecular complexity index is 1220. The number of fused-ring (bicyclic) bond motifs is 3. The second-order valence-corrected chi connectivity index (χ2v) is 10.4. The zero-order valence-corrected chi connectivity index (χ0v) is 21.1. The van der Waals surface area contributed by atoms with Crippen LogP contribution in [-0.4, -0.2) is 53.3 Å². The highest BCUT2D eigenvalue weighted by Gasteiger charge is 2.55. The van der Waals surface area contributed by atoms with Crippen molar-refractivity contribution in [1.82, 2.24) is 4.90 Å². The molecule has 0 aromatic heterocycles. The molecule has 2 aromatic carbocycles. The van der Waals surface area contributed by atoms with E-state index in [1.54, 1.807) is 19.2 Å². The first-order valence-corrected chi connectivity index (χ1v) is 12.7. The lowest BCUT2D eigenvalue weighted by molar-refractivity contribution is -0.138. The fraction of sp³-hybridized carbons (Fsp3) is 0.357. The first kappa shape index (κ1) is 24.0. The van der Waals surface area contributed by atoms with Gasteiger partial charge in [0.15, 0.2) is 0 Å². The van der Waals surface area contributed by atoms with E-state index in [4.69, 9.17) is 4.74 Å². The molecule has 0 radical (unpaired) electrons. The van der Waals surface area contributed by atoms with Crippen molar-refractivity contribution in [2.24, 2.45) is 17.8 Å². The SMILES string of the molecule is CN1C(=O)[C@@H]2[C@@H](CC(CO)=C3[C@@H](CC/C(=C/c4cc(Br)ccc4O)c4ccccc4)OC[C@@H]32)C1=O. The number of amides is 2. The van der Waals surface area contributed by atoms with Crippen LogP contribution in [0.25, 0.3) is 11.6 Å². The highest BCUT2D eigenvalue weighted by molar-refractivity contribution is 9.10. The lowest BCUT2D eigenvalue weighted by Gasteiger charge is -2.31. The normalized spacial score (nSPS) is 26.4. The van der Waals surface area contributed by atoms with Gasteiger partial charge < -0.3 is 14.9 Å². The minimum Gasteiger partial charge on any atom is -0.507 e. The van der Waals surface area contributed by atoms with Crippen molar-refractivity contribution >= 4 is 39.4 Å². The number of phenolic OH excluding ortho intramolecular Hbond substituents is 1. The van der Waals surface area contributed by atoms with Gasteiger partial charge in [0.2, 0.25) is 11.8 Å². The first-order chi connectivity index (χ1) is 16.9. The quantitative estimate of drug-likeness (QED) is 0.323. The summed E-state index contributed by atoms with van der Waals surface area (Å²) in [5.41, 5.74) is 4.67. The summed E-state index contributed by atoms with van der Waals surface area (Å²) in [5, 5.41) is 20.5. The van der Waals surface area contributed by atoms with Gasteiger partial charge in [-0.2, -0.15) is 0 Å². The number of aromatic hydroxyl groups is 1. The Morgan fingerprint density at radius 1 is 1.14 bits per heavy atom. The third-order valence-electron chi connectivity index (χ3n) is 7.56. The number of hydrogen-bond acceptors (Lipinski definition) is 5. The van der Waals surface area contributed by atoms with Gasteiger partial charge in [0.1, 0.15) is 5.75 Å². The van der Waals surface area contributed by atoms with Crippen molar-refractivity contribution in [1.29, 1.82) is 0 Å². The van der Waals surface area contributed by atoms with E-state index in [0.717, 1.165) is 32.3 Å². The second-order valence-electron chi connectivity index (χ2n) is 9.49. The molecule has 1 aliphatic carbocycles. The molecule has 2 aromatic rings. The average Bonchev–Trinajstić information content (AvgIpc) is 3.38. The maximum absolute atomic E-state index is 12.8. The summed E-state index contributed by atoms with van der Waals surface area (Å²) in [5.74, 6) is -1.05. The molecule has 0 spiro atoms. The molecular formula is C28H28BrNO5. The summed E-state index contributed by atoms with van der Waals surface area (Å²) in [6, 6.07) is 15.4. The van der Waals surface area contributed by atoms with Gasteiger partial charge in [0.05, 0.1) is 31.2 Å². The molecule has 4 atom stereocenters. The van der Waals surface area contributed by atoms with E-state index < -0.39 is 11.8 Å². The minimum absolute atomic E-state index is 0.132. The molecule has 2 N–H and O–H groups in total. The van der Waals surface area contributed by atoms with Crippen LogP contribution in [0, 0.1) is 17.8 Å². The Balaban J connectivity index is 1.43. The highest BCUT2D eigenvalue weighted by atomic mass is 79.9. The monoisotopic (exact) mass is 537 g/mol. The molecule has 2 fully saturated rings. The molecule has 182 valence electrons. The number of likely N-dealkylation sites (tertiary alicyclic amines) is 1. The van der Waals surface area contributed by atoms with E-state index in [1.807, 2.05) is 42.5 Å². The van der Waals surface area contributed by atoms with Crippen LogP contribution in [0.2, 0.25) is 0 Å². The molecule has 5 rings (SSSR count). The Morgan fingerprint density at radius 3 is 2.66 bits per heavy atom. The molecule has 2 saturated heterocycles. The van der Waals surface area contributed by atoms with Gasteiger partial charge in [0.25, 0.3) is 0 Å². The number of benzene rings is 2. The highest BCUT2D eigenvalue weighted by Crippen LogP contribution is 2.49. The van der Waals surface area contributed by atoms with E-state index >= 15 is 0 Å². The number of phenols is 1.